The molecule has 19 heteroatoms. The number of likely N-dealkylation sites (tertiary alicyclic amines) is 2. The molecule has 5 heterocycles. The van der Waals surface area contributed by atoms with E-state index in [1.165, 1.54) is 42.2 Å². The second kappa shape index (κ2) is 16.0. The molecule has 0 radical (unpaired) electrons. The van der Waals surface area contributed by atoms with E-state index in [2.05, 4.69) is 25.6 Å². The molecule has 0 aliphatic carbocycles. The number of benzene rings is 2. The van der Waals surface area contributed by atoms with Gasteiger partial charge in [-0.2, -0.15) is 18.3 Å². The summed E-state index contributed by atoms with van der Waals surface area (Å²) >= 11 is 0. The van der Waals surface area contributed by atoms with Crippen molar-refractivity contribution in [3.05, 3.63) is 75.8 Å². The number of nitrogens with zero attached hydrogens (tertiary/aromatic N) is 5. The highest BCUT2D eigenvalue weighted by atomic mass is 19.4. The first-order chi connectivity index (χ1) is 27.4. The number of piperidine rings is 3. The summed E-state index contributed by atoms with van der Waals surface area (Å²) in [5.41, 5.74) is 0.547. The molecule has 310 valence electrons. The van der Waals surface area contributed by atoms with Crippen LogP contribution < -0.4 is 20.9 Å². The molecule has 0 saturated carbocycles. The Kier molecular flexibility index (Phi) is 11.2. The van der Waals surface area contributed by atoms with Crippen LogP contribution in [0.4, 0.5) is 36.8 Å². The lowest BCUT2D eigenvalue weighted by Crippen LogP contribution is -2.51. The number of nitrogens with one attached hydrogen (secondary N) is 3. The van der Waals surface area contributed by atoms with Gasteiger partial charge in [0.1, 0.15) is 17.3 Å². The molecule has 2 aromatic heterocycles. The fourth-order valence-corrected chi connectivity index (χ4v) is 8.20. The zero-order valence-corrected chi connectivity index (χ0v) is 31.7. The summed E-state index contributed by atoms with van der Waals surface area (Å²) < 4.78 is 89.5. The second-order valence-corrected chi connectivity index (χ2v) is 15.1. The van der Waals surface area contributed by atoms with E-state index in [0.717, 1.165) is 6.07 Å². The van der Waals surface area contributed by atoms with Crippen LogP contribution in [0.5, 0.6) is 5.75 Å². The number of fused-ring (bicyclic) bond motifs is 1. The first kappa shape index (κ1) is 40.6. The van der Waals surface area contributed by atoms with E-state index in [4.69, 9.17) is 0 Å². The number of urea groups is 1. The van der Waals surface area contributed by atoms with Crippen LogP contribution in [0.25, 0.3) is 22.0 Å². The Balaban J connectivity index is 0.955. The van der Waals surface area contributed by atoms with Crippen molar-refractivity contribution in [2.75, 3.05) is 38.5 Å². The number of aromatic nitrogens is 3. The minimum atomic E-state index is -4.95. The number of hydrogen-bond donors (Lipinski definition) is 3. The molecule has 1 unspecified atom stereocenters. The number of amides is 4. The van der Waals surface area contributed by atoms with Gasteiger partial charge in [-0.15, -0.1) is 13.2 Å². The van der Waals surface area contributed by atoms with Gasteiger partial charge in [-0.3, -0.25) is 29.7 Å². The third kappa shape index (κ3) is 8.78. The molecular weight excluding hydrogens is 774 g/mol. The van der Waals surface area contributed by atoms with Gasteiger partial charge in [0.05, 0.1) is 11.8 Å². The number of pyridine rings is 1. The number of carbonyl (C=O) groups excluding carboxylic acids is 3. The largest absolute Gasteiger partial charge is 0.573 e. The maximum absolute atomic E-state index is 14.3. The highest BCUT2D eigenvalue weighted by molar-refractivity contribution is 6.01. The molecular formula is C39H42F6N8O5. The van der Waals surface area contributed by atoms with Gasteiger partial charge in [0.2, 0.25) is 11.8 Å². The van der Waals surface area contributed by atoms with Crippen molar-refractivity contribution in [2.45, 2.75) is 75.6 Å². The van der Waals surface area contributed by atoms with E-state index in [9.17, 15) is 45.5 Å². The number of rotatable bonds is 8. The maximum atomic E-state index is 14.3. The third-order valence-electron chi connectivity index (χ3n) is 11.3. The standard InChI is InChI=1S/C39H42F6N8O5/c1-50-21-29(28-19-46-49-34(28)36(50)56)23-3-4-24(32(17-23)58-39(43,44)45)20-52-13-11-26(12-14-52)51(2)37(57)53-15-9-22(10-16-53)27-6-5-25(18-30(27)38(40,41)42)47-31-7-8-33(54)48-35(31)55/h3-6,17-19,21-22,26,31,47H,7-16,20H2,1-2H3,(H,46,49)(H,48,54,55). The average Bonchev–Trinajstić information content (AvgIpc) is 3.68. The molecule has 0 bridgehead atoms. The normalized spacial score (nSPS) is 19.0. The monoisotopic (exact) mass is 816 g/mol. The Morgan fingerprint density at radius 3 is 2.36 bits per heavy atom. The average molecular weight is 817 g/mol. The van der Waals surface area contributed by atoms with Crippen molar-refractivity contribution in [1.82, 2.24) is 34.8 Å². The van der Waals surface area contributed by atoms with E-state index >= 15 is 0 Å². The number of aryl methyl sites for hydroxylation is 1. The summed E-state index contributed by atoms with van der Waals surface area (Å²) in [6.45, 7) is 1.64. The minimum absolute atomic E-state index is 0.0819. The summed E-state index contributed by atoms with van der Waals surface area (Å²) in [7, 11) is 3.23. The van der Waals surface area contributed by atoms with Crippen molar-refractivity contribution in [3.8, 4) is 16.9 Å². The summed E-state index contributed by atoms with van der Waals surface area (Å²) in [5.74, 6) is -1.83. The Morgan fingerprint density at radius 1 is 0.966 bits per heavy atom. The minimum Gasteiger partial charge on any atom is -0.405 e. The Hall–Kier alpha value is -5.59. The van der Waals surface area contributed by atoms with Gasteiger partial charge in [-0.05, 0) is 67.3 Å². The first-order valence-electron chi connectivity index (χ1n) is 18.9. The highest BCUT2D eigenvalue weighted by Gasteiger charge is 2.38. The van der Waals surface area contributed by atoms with Gasteiger partial charge < -0.3 is 24.4 Å². The fraction of sp³-hybridized carbons (Fsp3) is 0.462. The van der Waals surface area contributed by atoms with Crippen LogP contribution in [-0.4, -0.2) is 99.0 Å². The number of aromatic amines is 1. The van der Waals surface area contributed by atoms with Crippen molar-refractivity contribution in [2.24, 2.45) is 7.05 Å². The van der Waals surface area contributed by atoms with Crippen LogP contribution in [0.1, 0.15) is 61.1 Å². The number of imide groups is 1. The zero-order chi connectivity index (χ0) is 41.5. The lowest BCUT2D eigenvalue weighted by molar-refractivity contribution is -0.275. The van der Waals surface area contributed by atoms with Crippen LogP contribution >= 0.6 is 0 Å². The van der Waals surface area contributed by atoms with Gasteiger partial charge in [0.25, 0.3) is 5.56 Å². The summed E-state index contributed by atoms with van der Waals surface area (Å²) in [4.78, 5) is 55.0. The number of carbonyl (C=O) groups is 3. The molecule has 3 saturated heterocycles. The predicted octanol–water partition coefficient (Wildman–Crippen LogP) is 5.96. The molecule has 13 nitrogen and oxygen atoms in total. The number of anilines is 1. The topological polar surface area (TPSA) is 145 Å². The molecule has 3 N–H and O–H groups in total. The van der Waals surface area contributed by atoms with Crippen molar-refractivity contribution >= 4 is 34.4 Å². The van der Waals surface area contributed by atoms with Crippen LogP contribution in [0, 0.1) is 0 Å². The molecule has 58 heavy (non-hydrogen) atoms. The molecule has 7 rings (SSSR count). The fourth-order valence-electron chi connectivity index (χ4n) is 8.20. The van der Waals surface area contributed by atoms with Crippen LogP contribution in [-0.2, 0) is 29.4 Å². The number of H-pyrrole nitrogens is 1. The Bertz CT molecular complexity index is 2260. The van der Waals surface area contributed by atoms with Crippen molar-refractivity contribution in [3.63, 3.8) is 0 Å². The molecule has 3 fully saturated rings. The first-order valence-corrected chi connectivity index (χ1v) is 18.9. The molecule has 1 atom stereocenters. The maximum Gasteiger partial charge on any atom is 0.573 e. The number of alkyl halides is 6. The molecule has 0 spiro atoms. The summed E-state index contributed by atoms with van der Waals surface area (Å²) in [5, 5.41) is 12.0. The smallest absolute Gasteiger partial charge is 0.405 e. The van der Waals surface area contributed by atoms with E-state index in [0.29, 0.717) is 60.8 Å². The quantitative estimate of drug-likeness (QED) is 0.146. The van der Waals surface area contributed by atoms with E-state index < -0.39 is 41.9 Å². The Labute approximate surface area is 328 Å². The van der Waals surface area contributed by atoms with E-state index in [-0.39, 0.29) is 72.6 Å². The lowest BCUT2D eigenvalue weighted by Gasteiger charge is -2.41. The van der Waals surface area contributed by atoms with E-state index in [1.807, 2.05) is 4.90 Å². The number of ether oxygens (including phenoxy) is 1. The molecule has 2 aromatic carbocycles. The molecule has 3 aliphatic heterocycles. The zero-order valence-electron chi connectivity index (χ0n) is 31.7. The predicted molar refractivity (Wildman–Crippen MR) is 200 cm³/mol. The lowest BCUT2D eigenvalue weighted by atomic mass is 9.86. The SMILES string of the molecule is CN(C(=O)N1CCC(c2ccc(NC3CCC(=O)NC3=O)cc2C(F)(F)F)CC1)C1CCN(Cc2ccc(-c3cn(C)c(=O)c4[nH]ncc34)cc2OC(F)(F)F)CC1. The summed E-state index contributed by atoms with van der Waals surface area (Å²) in [6, 6.07) is 7.23. The molecule has 4 aromatic rings. The van der Waals surface area contributed by atoms with Gasteiger partial charge in [-0.25, -0.2) is 4.79 Å². The van der Waals surface area contributed by atoms with Crippen molar-refractivity contribution < 1.29 is 45.5 Å². The van der Waals surface area contributed by atoms with Crippen molar-refractivity contribution in [1.29, 1.82) is 0 Å². The van der Waals surface area contributed by atoms with Crippen LogP contribution in [0.3, 0.4) is 0 Å². The number of halogens is 6. The van der Waals surface area contributed by atoms with Crippen LogP contribution in [0.2, 0.25) is 0 Å². The second-order valence-electron chi connectivity index (χ2n) is 15.1. The third-order valence-corrected chi connectivity index (χ3v) is 11.3. The van der Waals surface area contributed by atoms with Gasteiger partial charge in [0.15, 0.2) is 0 Å². The van der Waals surface area contributed by atoms with Gasteiger partial charge >= 0.3 is 18.6 Å². The molecule has 3 aliphatic rings. The van der Waals surface area contributed by atoms with Crippen LogP contribution in [0.15, 0.2) is 53.6 Å². The van der Waals surface area contributed by atoms with E-state index in [1.54, 1.807) is 29.0 Å². The van der Waals surface area contributed by atoms with Gasteiger partial charge in [0, 0.05) is 87.7 Å². The van der Waals surface area contributed by atoms with Gasteiger partial charge in [-0.1, -0.05) is 18.2 Å². The Morgan fingerprint density at radius 2 is 1.69 bits per heavy atom. The highest BCUT2D eigenvalue weighted by Crippen LogP contribution is 2.41. The molecule has 4 amide bonds. The number of hydrogen-bond acceptors (Lipinski definition) is 8. The summed E-state index contributed by atoms with van der Waals surface area (Å²) in [6.07, 6.45) is -4.64.